The number of aliphatic hydroxyl groups is 2. The van der Waals surface area contributed by atoms with Crippen LogP contribution >= 0.6 is 7.82 Å². The second-order valence-electron chi connectivity index (χ2n) is 17.1. The molecule has 2 unspecified atom stereocenters. The number of likely N-dealkylation sites (N-methyl/N-ethyl adjacent to an activating group) is 1. The van der Waals surface area contributed by atoms with Gasteiger partial charge in [0.15, 0.2) is 11.6 Å². The van der Waals surface area contributed by atoms with Crippen molar-refractivity contribution in [3.8, 4) is 0 Å². The topological polar surface area (TPSA) is 130 Å². The van der Waals surface area contributed by atoms with Crippen molar-refractivity contribution in [1.82, 2.24) is 0 Å². The van der Waals surface area contributed by atoms with Crippen molar-refractivity contribution in [2.45, 2.75) is 225 Å². The average Bonchev–Trinajstić information content (AvgIpc) is 3.15. The van der Waals surface area contributed by atoms with E-state index in [9.17, 15) is 29.3 Å². The molecule has 0 aromatic carbocycles. The van der Waals surface area contributed by atoms with Gasteiger partial charge in [0.25, 0.3) is 0 Å². The molecule has 0 aliphatic rings. The number of carbonyl (C=O) groups is 2. The fourth-order valence-corrected chi connectivity index (χ4v) is 8.47. The minimum absolute atomic E-state index is 0.122. The second kappa shape index (κ2) is 34.7. The summed E-state index contributed by atoms with van der Waals surface area (Å²) >= 11 is 0. The predicted octanol–water partition coefficient (Wildman–Crippen LogP) is 11.9. The van der Waals surface area contributed by atoms with E-state index in [1.165, 1.54) is 77.0 Å². The molecule has 0 saturated heterocycles. The van der Waals surface area contributed by atoms with Crippen molar-refractivity contribution >= 4 is 19.4 Å². The number of aliphatic hydroxyl groups excluding tert-OH is 2. The van der Waals surface area contributed by atoms with E-state index in [1.807, 2.05) is 28.1 Å². The van der Waals surface area contributed by atoms with Crippen molar-refractivity contribution in [3.05, 3.63) is 24.3 Å². The number of allylic oxidation sites excluding steroid dienone is 4. The number of phosphoric ester groups is 1. The first-order valence-electron chi connectivity index (χ1n) is 23.0. The zero-order valence-corrected chi connectivity index (χ0v) is 38.1. The monoisotopic (exact) mass is 815 g/mol. The van der Waals surface area contributed by atoms with Gasteiger partial charge in [-0.3, -0.25) is 18.6 Å². The Morgan fingerprint density at radius 1 is 0.607 bits per heavy atom. The lowest BCUT2D eigenvalue weighted by Gasteiger charge is -2.36. The molecule has 56 heavy (non-hydrogen) atoms. The molecule has 0 aromatic rings. The van der Waals surface area contributed by atoms with E-state index in [2.05, 4.69) is 38.2 Å². The van der Waals surface area contributed by atoms with E-state index in [1.54, 1.807) is 0 Å². The number of rotatable bonds is 41. The number of hydrogen-bond donors (Lipinski definition) is 3. The lowest BCUT2D eigenvalue weighted by molar-refractivity contribution is -0.873. The van der Waals surface area contributed by atoms with Gasteiger partial charge in [-0.25, -0.2) is 4.57 Å². The molecule has 0 fully saturated rings. The molecule has 10 heteroatoms. The molecule has 3 atom stereocenters. The largest absolute Gasteiger partial charge is 0.474 e. The van der Waals surface area contributed by atoms with Gasteiger partial charge in [-0.1, -0.05) is 148 Å². The molecule has 3 N–H and O–H groups in total. The van der Waals surface area contributed by atoms with Crippen LogP contribution in [0.4, 0.5) is 0 Å². The van der Waals surface area contributed by atoms with Crippen LogP contribution in [0.5, 0.6) is 0 Å². The predicted molar refractivity (Wildman–Crippen MR) is 234 cm³/mol. The summed E-state index contributed by atoms with van der Waals surface area (Å²) in [5, 5.41) is 21.2. The summed E-state index contributed by atoms with van der Waals surface area (Å²) in [6, 6.07) is 0. The number of Topliss-reactive ketones (excluding diaryl/α,β-unsaturated/α-hetero) is 2. The van der Waals surface area contributed by atoms with Gasteiger partial charge in [0.05, 0.1) is 27.7 Å². The van der Waals surface area contributed by atoms with Gasteiger partial charge in [0.1, 0.15) is 18.8 Å². The zero-order valence-electron chi connectivity index (χ0n) is 37.2. The van der Waals surface area contributed by atoms with Gasteiger partial charge >= 0.3 is 7.82 Å². The molecule has 9 nitrogen and oxygen atoms in total. The van der Waals surface area contributed by atoms with Gasteiger partial charge in [-0.2, -0.15) is 0 Å². The quantitative estimate of drug-likeness (QED) is 0.0183. The summed E-state index contributed by atoms with van der Waals surface area (Å²) in [6.45, 7) is 5.69. The van der Waals surface area contributed by atoms with E-state index in [4.69, 9.17) is 9.05 Å². The molecule has 0 spiro atoms. The molecule has 0 amide bonds. The van der Waals surface area contributed by atoms with Gasteiger partial charge in [0.2, 0.25) is 5.60 Å². The third kappa shape index (κ3) is 28.3. The number of nitrogens with zero attached hydrogens (tertiary/aromatic N) is 1. The SMILES string of the molecule is CCCCCCCCC=CCCCCCCCC(=O)C(OP(=O)(O)OC(CC)C[N+](C)(C)C)(C(=O)CCCCCCCC=CCCCCCCCC)[C@@H](O)CO. The molecule has 0 saturated carbocycles. The van der Waals surface area contributed by atoms with Crippen LogP contribution in [0.25, 0.3) is 0 Å². The van der Waals surface area contributed by atoms with E-state index < -0.39 is 43.8 Å². The molecule has 0 bridgehead atoms. The smallest absolute Gasteiger partial charge is 0.394 e. The number of carbonyl (C=O) groups excluding carboxylic acids is 2. The highest BCUT2D eigenvalue weighted by Crippen LogP contribution is 2.51. The number of ketones is 2. The molecule has 0 heterocycles. The summed E-state index contributed by atoms with van der Waals surface area (Å²) in [4.78, 5) is 38.9. The van der Waals surface area contributed by atoms with Gasteiger partial charge in [-0.05, 0) is 70.6 Å². The van der Waals surface area contributed by atoms with Crippen molar-refractivity contribution in [2.75, 3.05) is 34.3 Å². The first-order chi connectivity index (χ1) is 26.8. The summed E-state index contributed by atoms with van der Waals surface area (Å²) in [5.41, 5.74) is -2.69. The Hall–Kier alpha value is -1.19. The van der Waals surface area contributed by atoms with Gasteiger partial charge in [0, 0.05) is 12.8 Å². The normalized spacial score (nSPS) is 15.7. The third-order valence-electron chi connectivity index (χ3n) is 10.6. The van der Waals surface area contributed by atoms with E-state index in [-0.39, 0.29) is 12.8 Å². The fourth-order valence-electron chi connectivity index (χ4n) is 7.14. The first-order valence-corrected chi connectivity index (χ1v) is 24.5. The van der Waals surface area contributed by atoms with Crippen molar-refractivity contribution < 1.29 is 42.8 Å². The highest BCUT2D eigenvalue weighted by atomic mass is 31.2. The van der Waals surface area contributed by atoms with Crippen LogP contribution in [-0.2, 0) is 23.2 Å². The van der Waals surface area contributed by atoms with Crippen LogP contribution in [0.15, 0.2) is 24.3 Å². The Morgan fingerprint density at radius 3 is 1.27 bits per heavy atom. The molecular weight excluding hydrogens is 725 g/mol. The van der Waals surface area contributed by atoms with Gasteiger partial charge in [-0.15, -0.1) is 0 Å². The number of quaternary nitrogens is 1. The van der Waals surface area contributed by atoms with Crippen LogP contribution in [0, 0.1) is 0 Å². The van der Waals surface area contributed by atoms with E-state index in [0.717, 1.165) is 77.0 Å². The van der Waals surface area contributed by atoms with Crippen molar-refractivity contribution in [2.24, 2.45) is 0 Å². The molecule has 0 aliphatic heterocycles. The summed E-state index contributed by atoms with van der Waals surface area (Å²) < 4.78 is 25.1. The molecule has 0 rings (SSSR count). The minimum atomic E-state index is -5.03. The highest BCUT2D eigenvalue weighted by Gasteiger charge is 2.56. The molecule has 0 radical (unpaired) electrons. The Kier molecular flexibility index (Phi) is 33.9. The zero-order chi connectivity index (χ0) is 42.0. The minimum Gasteiger partial charge on any atom is -0.394 e. The van der Waals surface area contributed by atoms with Crippen LogP contribution < -0.4 is 0 Å². The maximum absolute atomic E-state index is 13.9. The molecule has 0 aromatic heterocycles. The van der Waals surface area contributed by atoms with Gasteiger partial charge < -0.3 is 19.6 Å². The Labute approximate surface area is 344 Å². The van der Waals surface area contributed by atoms with Crippen molar-refractivity contribution in [3.63, 3.8) is 0 Å². The van der Waals surface area contributed by atoms with Crippen LogP contribution in [0.2, 0.25) is 0 Å². The summed E-state index contributed by atoms with van der Waals surface area (Å²) in [5.74, 6) is -1.57. The van der Waals surface area contributed by atoms with E-state index in [0.29, 0.717) is 30.3 Å². The molecule has 330 valence electrons. The third-order valence-corrected chi connectivity index (χ3v) is 11.6. The lowest BCUT2D eigenvalue weighted by atomic mass is 9.82. The standard InChI is InChI=1S/C46H88NO8P/c1-7-10-12-14-16-18-20-22-24-26-28-30-32-34-36-38-43(49)46(45(51)41-48,55-56(52,53)54-42(9-3)40-47(4,5)6)44(50)39-37-35-33-31-29-27-25-23-21-19-17-15-13-11-8-2/h22-25,42,45,48,51H,7-21,26-41H2,1-6H3/p+1/t42?,45-,46?/m0/s1. The average molecular weight is 815 g/mol. The molecular formula is C46H89NO8P+. The number of phosphoric acid groups is 1. The Balaban J connectivity index is 5.23. The Morgan fingerprint density at radius 2 is 0.946 bits per heavy atom. The van der Waals surface area contributed by atoms with Crippen LogP contribution in [-0.4, -0.2) is 83.3 Å². The molecule has 0 aliphatic carbocycles. The lowest BCUT2D eigenvalue weighted by Crippen LogP contribution is -2.58. The van der Waals surface area contributed by atoms with Crippen molar-refractivity contribution in [1.29, 1.82) is 0 Å². The highest BCUT2D eigenvalue weighted by molar-refractivity contribution is 7.47. The van der Waals surface area contributed by atoms with Crippen LogP contribution in [0.1, 0.15) is 207 Å². The summed E-state index contributed by atoms with van der Waals surface area (Å²) in [7, 11) is 0.729. The number of unbranched alkanes of at least 4 members (excludes halogenated alkanes) is 22. The van der Waals surface area contributed by atoms with E-state index >= 15 is 0 Å². The first kappa shape index (κ1) is 54.8. The fraction of sp³-hybridized carbons (Fsp3) is 0.870. The number of hydrogen-bond acceptors (Lipinski definition) is 7. The Bertz CT molecular complexity index is 1020. The second-order valence-corrected chi connectivity index (χ2v) is 18.4. The van der Waals surface area contributed by atoms with Crippen LogP contribution in [0.3, 0.4) is 0 Å². The summed E-state index contributed by atoms with van der Waals surface area (Å²) in [6.07, 6.45) is 34.8. The maximum atomic E-state index is 13.9. The maximum Gasteiger partial charge on any atom is 0.474 e.